The Morgan fingerprint density at radius 1 is 1.29 bits per heavy atom. The first-order chi connectivity index (χ1) is 10.1. The molecule has 0 spiro atoms. The zero-order valence-corrected chi connectivity index (χ0v) is 11.5. The predicted molar refractivity (Wildman–Crippen MR) is 80.2 cm³/mol. The van der Waals surface area contributed by atoms with Crippen LogP contribution >= 0.6 is 0 Å². The standard InChI is InChI=1S/C14H13BN4O2/c1-8-17-12(16)11-13(18-8)21-7-6-19(14(11)20)10-4-2-9(15)3-5-10/h2-5H,6-7H2,1H3,(H2,16,17,18). The fraction of sp³-hybridized carbons (Fsp3) is 0.214. The molecule has 2 N–H and O–H groups in total. The minimum absolute atomic E-state index is 0.129. The summed E-state index contributed by atoms with van der Waals surface area (Å²) < 4.78 is 5.54. The Morgan fingerprint density at radius 2 is 2.00 bits per heavy atom. The lowest BCUT2D eigenvalue weighted by atomic mass is 9.96. The molecule has 0 fully saturated rings. The van der Waals surface area contributed by atoms with E-state index in [1.165, 1.54) is 0 Å². The Hall–Kier alpha value is -2.57. The van der Waals surface area contributed by atoms with Gasteiger partial charge in [-0.3, -0.25) is 4.79 Å². The van der Waals surface area contributed by atoms with Crippen LogP contribution in [0, 0.1) is 6.92 Å². The summed E-state index contributed by atoms with van der Waals surface area (Å²) in [4.78, 5) is 22.5. The zero-order valence-electron chi connectivity index (χ0n) is 11.5. The van der Waals surface area contributed by atoms with Gasteiger partial charge in [-0.25, -0.2) is 4.98 Å². The van der Waals surface area contributed by atoms with Crippen LogP contribution in [0.1, 0.15) is 16.2 Å². The summed E-state index contributed by atoms with van der Waals surface area (Å²) in [6, 6.07) is 7.04. The van der Waals surface area contributed by atoms with Crippen LogP contribution in [0.25, 0.3) is 0 Å². The normalized spacial score (nSPS) is 14.3. The van der Waals surface area contributed by atoms with E-state index in [2.05, 4.69) is 9.97 Å². The number of carbonyl (C=O) groups is 1. The lowest BCUT2D eigenvalue weighted by Gasteiger charge is -2.20. The van der Waals surface area contributed by atoms with E-state index in [4.69, 9.17) is 18.3 Å². The summed E-state index contributed by atoms with van der Waals surface area (Å²) in [5.41, 5.74) is 7.43. The highest BCUT2D eigenvalue weighted by molar-refractivity contribution is 6.32. The number of nitrogen functional groups attached to an aromatic ring is 1. The molecule has 1 aliphatic heterocycles. The average Bonchev–Trinajstić information content (AvgIpc) is 2.59. The van der Waals surface area contributed by atoms with Gasteiger partial charge in [0.05, 0.1) is 6.54 Å². The lowest BCUT2D eigenvalue weighted by molar-refractivity contribution is 0.0990. The highest BCUT2D eigenvalue weighted by Gasteiger charge is 2.29. The van der Waals surface area contributed by atoms with Crippen molar-refractivity contribution in [3.05, 3.63) is 35.7 Å². The van der Waals surface area contributed by atoms with Crippen LogP contribution < -0.4 is 20.8 Å². The van der Waals surface area contributed by atoms with Gasteiger partial charge in [0, 0.05) is 5.69 Å². The first kappa shape index (κ1) is 13.4. The molecule has 1 amide bonds. The number of hydrogen-bond donors (Lipinski definition) is 1. The van der Waals surface area contributed by atoms with Gasteiger partial charge in [-0.15, -0.1) is 0 Å². The van der Waals surface area contributed by atoms with Crippen LogP contribution in [-0.2, 0) is 0 Å². The van der Waals surface area contributed by atoms with Crippen LogP contribution in [0.15, 0.2) is 24.3 Å². The third-order valence-electron chi connectivity index (χ3n) is 3.23. The number of ether oxygens (including phenoxy) is 1. The maximum atomic E-state index is 12.7. The minimum atomic E-state index is -0.273. The number of carbonyl (C=O) groups excluding carboxylic acids is 1. The lowest BCUT2D eigenvalue weighted by Crippen LogP contribution is -2.33. The number of hydrogen-bond acceptors (Lipinski definition) is 5. The molecule has 0 unspecified atom stereocenters. The van der Waals surface area contributed by atoms with Gasteiger partial charge in [-0.2, -0.15) is 4.98 Å². The van der Waals surface area contributed by atoms with Gasteiger partial charge in [0.1, 0.15) is 31.7 Å². The van der Waals surface area contributed by atoms with Crippen molar-refractivity contribution in [3.63, 3.8) is 0 Å². The van der Waals surface area contributed by atoms with Crippen LogP contribution in [0.3, 0.4) is 0 Å². The van der Waals surface area contributed by atoms with Gasteiger partial charge >= 0.3 is 0 Å². The summed E-state index contributed by atoms with van der Waals surface area (Å²) >= 11 is 0. The van der Waals surface area contributed by atoms with Crippen LogP contribution in [0.5, 0.6) is 5.88 Å². The first-order valence-electron chi connectivity index (χ1n) is 6.50. The molecule has 104 valence electrons. The third kappa shape index (κ3) is 2.42. The molecule has 2 heterocycles. The van der Waals surface area contributed by atoms with E-state index in [0.717, 1.165) is 5.69 Å². The number of aryl methyl sites for hydroxylation is 1. The van der Waals surface area contributed by atoms with E-state index in [-0.39, 0.29) is 23.2 Å². The molecule has 0 aliphatic carbocycles. The fourth-order valence-electron chi connectivity index (χ4n) is 2.24. The summed E-state index contributed by atoms with van der Waals surface area (Å²) in [6.07, 6.45) is 0. The highest BCUT2D eigenvalue weighted by Crippen LogP contribution is 2.27. The predicted octanol–water partition coefficient (Wildman–Crippen LogP) is 0.200. The summed E-state index contributed by atoms with van der Waals surface area (Å²) in [5, 5.41) is 0. The van der Waals surface area contributed by atoms with Crippen molar-refractivity contribution in [2.75, 3.05) is 23.8 Å². The van der Waals surface area contributed by atoms with Gasteiger partial charge in [0.2, 0.25) is 5.88 Å². The van der Waals surface area contributed by atoms with Crippen LogP contribution in [-0.4, -0.2) is 36.9 Å². The van der Waals surface area contributed by atoms with Gasteiger partial charge in [-0.05, 0) is 19.1 Å². The Labute approximate surface area is 123 Å². The van der Waals surface area contributed by atoms with Crippen molar-refractivity contribution in [2.45, 2.75) is 6.92 Å². The Kier molecular flexibility index (Phi) is 3.25. The van der Waals surface area contributed by atoms with Crippen molar-refractivity contribution >= 4 is 30.7 Å². The number of fused-ring (bicyclic) bond motifs is 1. The minimum Gasteiger partial charge on any atom is -0.475 e. The maximum Gasteiger partial charge on any atom is 0.267 e. The average molecular weight is 280 g/mol. The SMILES string of the molecule is [B]c1ccc(N2CCOc3nc(C)nc(N)c3C2=O)cc1. The monoisotopic (exact) mass is 280 g/mol. The second-order valence-electron chi connectivity index (χ2n) is 4.73. The van der Waals surface area contributed by atoms with Crippen molar-refractivity contribution in [1.29, 1.82) is 0 Å². The van der Waals surface area contributed by atoms with E-state index in [1.807, 2.05) is 0 Å². The Balaban J connectivity index is 2.06. The first-order valence-corrected chi connectivity index (χ1v) is 6.50. The van der Waals surface area contributed by atoms with Crippen molar-refractivity contribution in [2.24, 2.45) is 0 Å². The zero-order chi connectivity index (χ0) is 15.0. The molecule has 1 aromatic heterocycles. The van der Waals surface area contributed by atoms with Crippen molar-refractivity contribution < 1.29 is 9.53 Å². The number of anilines is 2. The second-order valence-corrected chi connectivity index (χ2v) is 4.73. The van der Waals surface area contributed by atoms with E-state index in [1.54, 1.807) is 36.1 Å². The summed E-state index contributed by atoms with van der Waals surface area (Å²) in [6.45, 7) is 2.43. The Morgan fingerprint density at radius 3 is 2.71 bits per heavy atom. The molecule has 0 atom stereocenters. The fourth-order valence-corrected chi connectivity index (χ4v) is 2.24. The summed E-state index contributed by atoms with van der Waals surface area (Å²) in [7, 11) is 5.67. The van der Waals surface area contributed by atoms with Crippen LogP contribution in [0.4, 0.5) is 11.5 Å². The largest absolute Gasteiger partial charge is 0.475 e. The van der Waals surface area contributed by atoms with Gasteiger partial charge in [0.15, 0.2) is 0 Å². The number of aromatic nitrogens is 2. The number of amides is 1. The number of nitrogens with two attached hydrogens (primary N) is 1. The molecule has 0 saturated heterocycles. The molecule has 2 radical (unpaired) electrons. The molecule has 21 heavy (non-hydrogen) atoms. The van der Waals surface area contributed by atoms with E-state index < -0.39 is 0 Å². The Bertz CT molecular complexity index is 703. The van der Waals surface area contributed by atoms with E-state index in [9.17, 15) is 4.79 Å². The molecular formula is C14H13BN4O2. The quantitative estimate of drug-likeness (QED) is 0.755. The van der Waals surface area contributed by atoms with E-state index >= 15 is 0 Å². The smallest absolute Gasteiger partial charge is 0.267 e. The van der Waals surface area contributed by atoms with Crippen LogP contribution in [0.2, 0.25) is 0 Å². The molecule has 2 aromatic rings. The molecule has 0 bridgehead atoms. The van der Waals surface area contributed by atoms with Gasteiger partial charge in [0.25, 0.3) is 5.91 Å². The summed E-state index contributed by atoms with van der Waals surface area (Å²) in [5.74, 6) is 0.567. The van der Waals surface area contributed by atoms with E-state index in [0.29, 0.717) is 24.4 Å². The number of rotatable bonds is 1. The maximum absolute atomic E-state index is 12.7. The molecule has 1 aliphatic rings. The molecule has 0 saturated carbocycles. The molecular weight excluding hydrogens is 267 g/mol. The molecule has 1 aromatic carbocycles. The topological polar surface area (TPSA) is 81.3 Å². The number of benzene rings is 1. The number of nitrogens with zero attached hydrogens (tertiary/aromatic N) is 3. The van der Waals surface area contributed by atoms with Crippen molar-refractivity contribution in [1.82, 2.24) is 9.97 Å². The third-order valence-corrected chi connectivity index (χ3v) is 3.23. The molecule has 7 heteroatoms. The highest BCUT2D eigenvalue weighted by atomic mass is 16.5. The molecule has 6 nitrogen and oxygen atoms in total. The van der Waals surface area contributed by atoms with Gasteiger partial charge < -0.3 is 15.4 Å². The molecule has 3 rings (SSSR count). The van der Waals surface area contributed by atoms with Gasteiger partial charge in [-0.1, -0.05) is 17.6 Å². The van der Waals surface area contributed by atoms with Crippen molar-refractivity contribution in [3.8, 4) is 5.88 Å². The second kappa shape index (κ2) is 5.08.